The largest absolute Gasteiger partial charge is 0.361 e. The Morgan fingerprint density at radius 1 is 1.20 bits per heavy atom. The lowest BCUT2D eigenvalue weighted by atomic mass is 9.99. The van der Waals surface area contributed by atoms with E-state index in [1.807, 2.05) is 13.1 Å². The van der Waals surface area contributed by atoms with Crippen molar-refractivity contribution < 1.29 is 0 Å². The van der Waals surface area contributed by atoms with Crippen LogP contribution in [0.5, 0.6) is 0 Å². The van der Waals surface area contributed by atoms with Crippen molar-refractivity contribution in [3.05, 3.63) is 35.5 Å². The molecule has 2 aromatic rings. The number of aromatic nitrogens is 1. The summed E-state index contributed by atoms with van der Waals surface area (Å²) in [6, 6.07) is 6.64. The van der Waals surface area contributed by atoms with Crippen LogP contribution >= 0.6 is 0 Å². The minimum atomic E-state index is 0.0844. The standard InChI is InChI=1S/C13H18N2/c1-8(2)10-4-5-13-11(6-10)12(7-15-13)9(3)14/h4-9,15H,14H2,1-3H3. The highest BCUT2D eigenvalue weighted by Gasteiger charge is 2.08. The van der Waals surface area contributed by atoms with Crippen molar-refractivity contribution in [2.45, 2.75) is 32.7 Å². The van der Waals surface area contributed by atoms with Crippen LogP contribution in [0.15, 0.2) is 24.4 Å². The summed E-state index contributed by atoms with van der Waals surface area (Å²) in [5, 5.41) is 1.26. The van der Waals surface area contributed by atoms with E-state index in [0.29, 0.717) is 5.92 Å². The molecule has 0 spiro atoms. The molecule has 0 saturated carbocycles. The molecule has 0 saturated heterocycles. The maximum absolute atomic E-state index is 5.93. The zero-order chi connectivity index (χ0) is 11.0. The maximum Gasteiger partial charge on any atom is 0.0457 e. The quantitative estimate of drug-likeness (QED) is 0.770. The molecule has 15 heavy (non-hydrogen) atoms. The molecular formula is C13H18N2. The molecule has 0 aliphatic rings. The van der Waals surface area contributed by atoms with Crippen LogP contribution in [0.4, 0.5) is 0 Å². The van der Waals surface area contributed by atoms with Crippen molar-refractivity contribution in [1.29, 1.82) is 0 Å². The molecule has 1 heterocycles. The number of benzene rings is 1. The monoisotopic (exact) mass is 202 g/mol. The molecule has 1 atom stereocenters. The number of H-pyrrole nitrogens is 1. The fourth-order valence-electron chi connectivity index (χ4n) is 1.90. The molecule has 1 unspecified atom stereocenters. The zero-order valence-electron chi connectivity index (χ0n) is 9.54. The highest BCUT2D eigenvalue weighted by molar-refractivity contribution is 5.84. The van der Waals surface area contributed by atoms with Gasteiger partial charge in [0.1, 0.15) is 0 Å². The average molecular weight is 202 g/mol. The Balaban J connectivity index is 2.61. The number of nitrogens with two attached hydrogens (primary N) is 1. The molecule has 0 aliphatic heterocycles. The second kappa shape index (κ2) is 3.70. The first-order valence-electron chi connectivity index (χ1n) is 5.46. The van der Waals surface area contributed by atoms with Crippen LogP contribution in [0, 0.1) is 0 Å². The Labute approximate surface area is 90.5 Å². The molecule has 1 aromatic heterocycles. The van der Waals surface area contributed by atoms with Crippen LogP contribution in [0.2, 0.25) is 0 Å². The topological polar surface area (TPSA) is 41.8 Å². The minimum Gasteiger partial charge on any atom is -0.361 e. The van der Waals surface area contributed by atoms with E-state index < -0.39 is 0 Å². The Bertz CT molecular complexity index is 466. The zero-order valence-corrected chi connectivity index (χ0v) is 9.54. The lowest BCUT2D eigenvalue weighted by molar-refractivity contribution is 0.825. The predicted molar refractivity (Wildman–Crippen MR) is 65.0 cm³/mol. The summed E-state index contributed by atoms with van der Waals surface area (Å²) in [7, 11) is 0. The molecule has 0 aliphatic carbocycles. The number of aromatic amines is 1. The van der Waals surface area contributed by atoms with Crippen LogP contribution < -0.4 is 5.73 Å². The van der Waals surface area contributed by atoms with Crippen molar-refractivity contribution in [2.75, 3.05) is 0 Å². The first-order chi connectivity index (χ1) is 7.09. The van der Waals surface area contributed by atoms with Gasteiger partial charge >= 0.3 is 0 Å². The van der Waals surface area contributed by atoms with E-state index in [1.54, 1.807) is 0 Å². The average Bonchev–Trinajstić information content (AvgIpc) is 2.59. The van der Waals surface area contributed by atoms with Crippen LogP contribution in [0.3, 0.4) is 0 Å². The summed E-state index contributed by atoms with van der Waals surface area (Å²) in [5.74, 6) is 0.560. The van der Waals surface area contributed by atoms with Crippen molar-refractivity contribution in [3.8, 4) is 0 Å². The summed E-state index contributed by atoms with van der Waals surface area (Å²) in [4.78, 5) is 3.26. The summed E-state index contributed by atoms with van der Waals surface area (Å²) in [6.07, 6.45) is 2.01. The molecule has 2 nitrogen and oxygen atoms in total. The van der Waals surface area contributed by atoms with Crippen molar-refractivity contribution in [3.63, 3.8) is 0 Å². The van der Waals surface area contributed by atoms with Gasteiger partial charge in [0.25, 0.3) is 0 Å². The smallest absolute Gasteiger partial charge is 0.0457 e. The number of fused-ring (bicyclic) bond motifs is 1. The lowest BCUT2D eigenvalue weighted by Gasteiger charge is -2.07. The Morgan fingerprint density at radius 3 is 2.53 bits per heavy atom. The molecule has 2 heteroatoms. The van der Waals surface area contributed by atoms with Crippen molar-refractivity contribution >= 4 is 10.9 Å². The van der Waals surface area contributed by atoms with E-state index in [0.717, 1.165) is 0 Å². The maximum atomic E-state index is 5.93. The first-order valence-corrected chi connectivity index (χ1v) is 5.46. The highest BCUT2D eigenvalue weighted by atomic mass is 14.7. The van der Waals surface area contributed by atoms with E-state index in [4.69, 9.17) is 5.73 Å². The summed E-state index contributed by atoms with van der Waals surface area (Å²) in [5.41, 5.74) is 9.67. The van der Waals surface area contributed by atoms with Crippen molar-refractivity contribution in [2.24, 2.45) is 5.73 Å². The van der Waals surface area contributed by atoms with Gasteiger partial charge in [0.15, 0.2) is 0 Å². The minimum absolute atomic E-state index is 0.0844. The highest BCUT2D eigenvalue weighted by Crippen LogP contribution is 2.26. The van der Waals surface area contributed by atoms with Gasteiger partial charge in [-0.15, -0.1) is 0 Å². The van der Waals surface area contributed by atoms with E-state index in [2.05, 4.69) is 37.0 Å². The van der Waals surface area contributed by atoms with Gasteiger partial charge in [0, 0.05) is 23.1 Å². The van der Waals surface area contributed by atoms with E-state index in [1.165, 1.54) is 22.0 Å². The van der Waals surface area contributed by atoms with Gasteiger partial charge in [0.05, 0.1) is 0 Å². The fraction of sp³-hybridized carbons (Fsp3) is 0.385. The normalized spacial score (nSPS) is 13.7. The molecule has 2 rings (SSSR count). The lowest BCUT2D eigenvalue weighted by Crippen LogP contribution is -2.03. The third kappa shape index (κ3) is 1.77. The number of hydrogen-bond acceptors (Lipinski definition) is 1. The van der Waals surface area contributed by atoms with Gasteiger partial charge < -0.3 is 10.7 Å². The van der Waals surface area contributed by atoms with Gasteiger partial charge in [0.2, 0.25) is 0 Å². The van der Waals surface area contributed by atoms with Gasteiger partial charge in [-0.25, -0.2) is 0 Å². The van der Waals surface area contributed by atoms with Gasteiger partial charge in [-0.2, -0.15) is 0 Å². The van der Waals surface area contributed by atoms with E-state index in [9.17, 15) is 0 Å². The summed E-state index contributed by atoms with van der Waals surface area (Å²) < 4.78 is 0. The molecule has 3 N–H and O–H groups in total. The Morgan fingerprint density at radius 2 is 1.93 bits per heavy atom. The third-order valence-corrected chi connectivity index (χ3v) is 2.90. The predicted octanol–water partition coefficient (Wildman–Crippen LogP) is 3.31. The number of rotatable bonds is 2. The van der Waals surface area contributed by atoms with Crippen LogP contribution in [-0.2, 0) is 0 Å². The van der Waals surface area contributed by atoms with E-state index >= 15 is 0 Å². The first kappa shape index (κ1) is 10.2. The summed E-state index contributed by atoms with van der Waals surface area (Å²) in [6.45, 7) is 6.43. The molecule has 0 bridgehead atoms. The Hall–Kier alpha value is -1.28. The SMILES string of the molecule is CC(C)c1ccc2[nH]cc(C(C)N)c2c1. The van der Waals surface area contributed by atoms with Crippen LogP contribution in [0.1, 0.15) is 43.9 Å². The van der Waals surface area contributed by atoms with Gasteiger partial charge in [-0.1, -0.05) is 19.9 Å². The molecule has 80 valence electrons. The molecule has 0 fully saturated rings. The number of nitrogens with one attached hydrogen (secondary N) is 1. The second-order valence-corrected chi connectivity index (χ2v) is 4.49. The summed E-state index contributed by atoms with van der Waals surface area (Å²) >= 11 is 0. The molecular weight excluding hydrogens is 184 g/mol. The molecule has 0 amide bonds. The molecule has 1 aromatic carbocycles. The second-order valence-electron chi connectivity index (χ2n) is 4.49. The van der Waals surface area contributed by atoms with Crippen LogP contribution in [0.25, 0.3) is 10.9 Å². The fourth-order valence-corrected chi connectivity index (χ4v) is 1.90. The number of hydrogen-bond donors (Lipinski definition) is 2. The van der Waals surface area contributed by atoms with E-state index in [-0.39, 0.29) is 6.04 Å². The van der Waals surface area contributed by atoms with Crippen LogP contribution in [-0.4, -0.2) is 4.98 Å². The Kier molecular flexibility index (Phi) is 2.53. The van der Waals surface area contributed by atoms with Crippen molar-refractivity contribution in [1.82, 2.24) is 4.98 Å². The third-order valence-electron chi connectivity index (χ3n) is 2.90. The van der Waals surface area contributed by atoms with Gasteiger partial charge in [-0.05, 0) is 36.1 Å². The molecule has 0 radical (unpaired) electrons. The van der Waals surface area contributed by atoms with Gasteiger partial charge in [-0.3, -0.25) is 0 Å².